The fraction of sp³-hybridized carbons (Fsp3) is 0.435. The molecule has 0 spiro atoms. The molecule has 5 heterocycles. The zero-order valence-corrected chi connectivity index (χ0v) is 19.2. The molecule has 1 saturated carbocycles. The number of hydrogen-bond donors (Lipinski definition) is 2. The lowest BCUT2D eigenvalue weighted by Gasteiger charge is -2.31. The predicted octanol–water partition coefficient (Wildman–Crippen LogP) is 2.24. The van der Waals surface area contributed by atoms with E-state index in [2.05, 4.69) is 45.8 Å². The van der Waals surface area contributed by atoms with Crippen LogP contribution in [0.4, 0.5) is 11.8 Å². The van der Waals surface area contributed by atoms with E-state index in [0.29, 0.717) is 36.9 Å². The topological polar surface area (TPSA) is 140 Å². The number of hydrogen-bond acceptors (Lipinski definition) is 11. The second-order valence-electron chi connectivity index (χ2n) is 8.72. The lowest BCUT2D eigenvalue weighted by molar-refractivity contribution is 0.122. The maximum absolute atomic E-state index is 6.54. The highest BCUT2D eigenvalue weighted by molar-refractivity contribution is 5.88. The van der Waals surface area contributed by atoms with Crippen LogP contribution < -0.4 is 15.0 Å². The zero-order valence-electron chi connectivity index (χ0n) is 19.2. The first-order valence-electron chi connectivity index (χ1n) is 11.9. The number of ether oxygens (including phenoxy) is 2. The molecule has 12 heteroatoms. The Hall–Kier alpha value is -3.93. The molecule has 1 saturated heterocycles. The van der Waals surface area contributed by atoms with Crippen molar-refractivity contribution in [3.8, 4) is 17.3 Å². The van der Waals surface area contributed by atoms with Gasteiger partial charge < -0.3 is 19.7 Å². The molecule has 0 unspecified atom stereocenters. The molecule has 4 aromatic rings. The van der Waals surface area contributed by atoms with Gasteiger partial charge in [0, 0.05) is 49.4 Å². The fourth-order valence-corrected chi connectivity index (χ4v) is 4.57. The van der Waals surface area contributed by atoms with E-state index in [9.17, 15) is 0 Å². The number of fused-ring (bicyclic) bond motifs is 1. The van der Waals surface area contributed by atoms with E-state index in [1.807, 2.05) is 18.2 Å². The van der Waals surface area contributed by atoms with Gasteiger partial charge in [-0.05, 0) is 43.0 Å². The fourth-order valence-electron chi connectivity index (χ4n) is 4.57. The zero-order chi connectivity index (χ0) is 23.5. The summed E-state index contributed by atoms with van der Waals surface area (Å²) in [5, 5.41) is 18.6. The maximum atomic E-state index is 6.54. The number of rotatable bonds is 6. The van der Waals surface area contributed by atoms with E-state index < -0.39 is 0 Å². The summed E-state index contributed by atoms with van der Waals surface area (Å²) in [6.07, 6.45) is 9.07. The van der Waals surface area contributed by atoms with E-state index in [4.69, 9.17) is 14.5 Å². The van der Waals surface area contributed by atoms with Crippen molar-refractivity contribution in [2.24, 2.45) is 0 Å². The highest BCUT2D eigenvalue weighted by Gasteiger charge is 2.25. The van der Waals surface area contributed by atoms with E-state index in [1.54, 1.807) is 18.6 Å². The molecule has 35 heavy (non-hydrogen) atoms. The van der Waals surface area contributed by atoms with Gasteiger partial charge in [0.2, 0.25) is 17.7 Å². The lowest BCUT2D eigenvalue weighted by atomic mass is 9.93. The van der Waals surface area contributed by atoms with Crippen molar-refractivity contribution in [1.82, 2.24) is 40.6 Å². The number of anilines is 2. The molecule has 1 aliphatic heterocycles. The molecule has 0 aromatic carbocycles. The van der Waals surface area contributed by atoms with Crippen LogP contribution in [0, 0.1) is 0 Å². The molecule has 0 bridgehead atoms. The summed E-state index contributed by atoms with van der Waals surface area (Å²) in [4.78, 5) is 20.4. The van der Waals surface area contributed by atoms with Gasteiger partial charge in [0.15, 0.2) is 0 Å². The SMILES string of the molecule is c1cnc(NC2CCC(Oc3nc(N4CCOCC4)cc4ncc(-c5nn[nH]n5)cc34)CC2)nc1. The molecule has 2 aliphatic rings. The summed E-state index contributed by atoms with van der Waals surface area (Å²) < 4.78 is 12.1. The van der Waals surface area contributed by atoms with Gasteiger partial charge >= 0.3 is 0 Å². The van der Waals surface area contributed by atoms with Crippen LogP contribution in [0.25, 0.3) is 22.3 Å². The summed E-state index contributed by atoms with van der Waals surface area (Å²) in [5.41, 5.74) is 1.58. The van der Waals surface area contributed by atoms with Crippen molar-refractivity contribution in [3.63, 3.8) is 0 Å². The number of aromatic nitrogens is 8. The largest absolute Gasteiger partial charge is 0.474 e. The van der Waals surface area contributed by atoms with E-state index >= 15 is 0 Å². The number of tetrazole rings is 1. The standard InChI is InChI=1S/C23H26N10O2/c1-6-24-23(25-7-1)27-16-2-4-17(5-3-16)35-22-18-12-15(21-29-31-32-30-21)14-26-19(18)13-20(28-22)33-8-10-34-11-9-33/h1,6-7,12-14,16-17H,2-5,8-11H2,(H,24,25,27)(H,29,30,31,32). The van der Waals surface area contributed by atoms with Crippen molar-refractivity contribution in [3.05, 3.63) is 36.8 Å². The molecule has 2 fully saturated rings. The third-order valence-corrected chi connectivity index (χ3v) is 6.42. The van der Waals surface area contributed by atoms with E-state index in [-0.39, 0.29) is 6.10 Å². The van der Waals surface area contributed by atoms with E-state index in [0.717, 1.165) is 61.1 Å². The Bertz CT molecular complexity index is 1260. The lowest BCUT2D eigenvalue weighted by Crippen LogP contribution is -2.37. The Morgan fingerprint density at radius 3 is 2.63 bits per heavy atom. The summed E-state index contributed by atoms with van der Waals surface area (Å²) >= 11 is 0. The minimum absolute atomic E-state index is 0.0641. The molecular formula is C23H26N10O2. The van der Waals surface area contributed by atoms with Gasteiger partial charge in [0.25, 0.3) is 0 Å². The minimum Gasteiger partial charge on any atom is -0.474 e. The van der Waals surface area contributed by atoms with Crippen molar-refractivity contribution >= 4 is 22.7 Å². The van der Waals surface area contributed by atoms with Crippen LogP contribution in [-0.2, 0) is 4.74 Å². The first-order chi connectivity index (χ1) is 17.3. The van der Waals surface area contributed by atoms with Gasteiger partial charge in [-0.25, -0.2) is 9.97 Å². The smallest absolute Gasteiger partial charge is 0.225 e. The quantitative estimate of drug-likeness (QED) is 0.425. The average molecular weight is 475 g/mol. The first-order valence-corrected chi connectivity index (χ1v) is 11.9. The molecule has 12 nitrogen and oxygen atoms in total. The second kappa shape index (κ2) is 9.74. The van der Waals surface area contributed by atoms with Gasteiger partial charge in [-0.2, -0.15) is 10.2 Å². The molecule has 6 rings (SSSR count). The van der Waals surface area contributed by atoms with Crippen LogP contribution in [0.15, 0.2) is 36.8 Å². The van der Waals surface area contributed by atoms with Crippen LogP contribution in [0.5, 0.6) is 5.88 Å². The molecule has 0 atom stereocenters. The number of morpholine rings is 1. The monoisotopic (exact) mass is 474 g/mol. The van der Waals surface area contributed by atoms with Crippen LogP contribution in [0.3, 0.4) is 0 Å². The third kappa shape index (κ3) is 4.83. The molecule has 1 aliphatic carbocycles. The molecule has 0 amide bonds. The molecular weight excluding hydrogens is 448 g/mol. The third-order valence-electron chi connectivity index (χ3n) is 6.42. The Morgan fingerprint density at radius 2 is 1.86 bits per heavy atom. The Balaban J connectivity index is 1.24. The second-order valence-corrected chi connectivity index (χ2v) is 8.72. The molecule has 0 radical (unpaired) electrons. The van der Waals surface area contributed by atoms with Crippen LogP contribution in [-0.4, -0.2) is 79.0 Å². The Morgan fingerprint density at radius 1 is 1.03 bits per heavy atom. The number of aromatic amines is 1. The number of nitrogens with zero attached hydrogens (tertiary/aromatic N) is 8. The number of pyridine rings is 2. The van der Waals surface area contributed by atoms with Crippen molar-refractivity contribution in [1.29, 1.82) is 0 Å². The maximum Gasteiger partial charge on any atom is 0.225 e. The number of H-pyrrole nitrogens is 1. The molecule has 2 N–H and O–H groups in total. The highest BCUT2D eigenvalue weighted by atomic mass is 16.5. The van der Waals surface area contributed by atoms with Crippen molar-refractivity contribution in [2.75, 3.05) is 36.5 Å². The van der Waals surface area contributed by atoms with Crippen LogP contribution in [0.2, 0.25) is 0 Å². The van der Waals surface area contributed by atoms with Gasteiger partial charge in [-0.15, -0.1) is 10.2 Å². The molecule has 4 aromatic heterocycles. The summed E-state index contributed by atoms with van der Waals surface area (Å²) in [5.74, 6) is 2.59. The average Bonchev–Trinajstić information content (AvgIpc) is 3.46. The number of nitrogens with one attached hydrogen (secondary N) is 2. The summed E-state index contributed by atoms with van der Waals surface area (Å²) in [6.45, 7) is 2.94. The Labute approximate surface area is 201 Å². The summed E-state index contributed by atoms with van der Waals surface area (Å²) in [6, 6.07) is 6.12. The first kappa shape index (κ1) is 21.6. The summed E-state index contributed by atoms with van der Waals surface area (Å²) in [7, 11) is 0. The van der Waals surface area contributed by atoms with Crippen LogP contribution in [0.1, 0.15) is 25.7 Å². The van der Waals surface area contributed by atoms with Gasteiger partial charge in [0.1, 0.15) is 11.9 Å². The van der Waals surface area contributed by atoms with Crippen molar-refractivity contribution < 1.29 is 9.47 Å². The van der Waals surface area contributed by atoms with Crippen LogP contribution >= 0.6 is 0 Å². The highest BCUT2D eigenvalue weighted by Crippen LogP contribution is 2.33. The van der Waals surface area contributed by atoms with Gasteiger partial charge in [-0.1, -0.05) is 0 Å². The minimum atomic E-state index is 0.0641. The normalized spacial score (nSPS) is 20.6. The molecule has 180 valence electrons. The van der Waals surface area contributed by atoms with E-state index in [1.165, 1.54) is 0 Å². The van der Waals surface area contributed by atoms with Gasteiger partial charge in [-0.3, -0.25) is 4.98 Å². The predicted molar refractivity (Wildman–Crippen MR) is 128 cm³/mol. The Kier molecular flexibility index (Phi) is 6.01. The van der Waals surface area contributed by atoms with Gasteiger partial charge in [0.05, 0.1) is 24.1 Å². The van der Waals surface area contributed by atoms with Crippen molar-refractivity contribution in [2.45, 2.75) is 37.8 Å².